The van der Waals surface area contributed by atoms with Gasteiger partial charge in [-0.2, -0.15) is 0 Å². The Morgan fingerprint density at radius 2 is 2.00 bits per heavy atom. The molecule has 3 heteroatoms. The number of piperidine rings is 1. The molecule has 0 spiro atoms. The van der Waals surface area contributed by atoms with E-state index in [-0.39, 0.29) is 0 Å². The molecule has 1 heterocycles. The first kappa shape index (κ1) is 12.3. The van der Waals surface area contributed by atoms with E-state index in [4.69, 9.17) is 10.5 Å². The van der Waals surface area contributed by atoms with Crippen LogP contribution in [0.25, 0.3) is 0 Å². The molecule has 0 aromatic heterocycles. The van der Waals surface area contributed by atoms with E-state index in [2.05, 4.69) is 4.90 Å². The van der Waals surface area contributed by atoms with Gasteiger partial charge in [-0.15, -0.1) is 0 Å². The first-order valence-corrected chi connectivity index (χ1v) is 6.79. The third-order valence-corrected chi connectivity index (χ3v) is 4.55. The summed E-state index contributed by atoms with van der Waals surface area (Å²) in [4.78, 5) is 2.63. The number of rotatable bonds is 3. The van der Waals surface area contributed by atoms with E-state index in [1.54, 1.807) is 0 Å². The fourth-order valence-electron chi connectivity index (χ4n) is 3.42. The number of ether oxygens (including phenoxy) is 1. The van der Waals surface area contributed by atoms with Crippen LogP contribution in [0.5, 0.6) is 0 Å². The highest BCUT2D eigenvalue weighted by molar-refractivity contribution is 4.96. The molecule has 0 amide bonds. The van der Waals surface area contributed by atoms with Gasteiger partial charge in [-0.1, -0.05) is 19.3 Å². The normalized spacial score (nSPS) is 31.5. The lowest BCUT2D eigenvalue weighted by Crippen LogP contribution is -2.58. The summed E-state index contributed by atoms with van der Waals surface area (Å²) >= 11 is 0. The molecule has 0 aromatic carbocycles. The van der Waals surface area contributed by atoms with E-state index < -0.39 is 0 Å². The summed E-state index contributed by atoms with van der Waals surface area (Å²) < 4.78 is 5.52. The number of nitrogens with zero attached hydrogens (tertiary/aromatic N) is 1. The second-order valence-electron chi connectivity index (χ2n) is 5.44. The monoisotopic (exact) mass is 226 g/mol. The molecule has 2 N–H and O–H groups in total. The van der Waals surface area contributed by atoms with Crippen LogP contribution in [0, 0.1) is 0 Å². The zero-order chi connectivity index (χ0) is 11.4. The van der Waals surface area contributed by atoms with Crippen LogP contribution >= 0.6 is 0 Å². The van der Waals surface area contributed by atoms with E-state index in [0.29, 0.717) is 11.6 Å². The number of likely N-dealkylation sites (tertiary alicyclic amines) is 1. The maximum absolute atomic E-state index is 6.07. The number of hydrogen-bond acceptors (Lipinski definition) is 3. The van der Waals surface area contributed by atoms with Crippen LogP contribution in [0.3, 0.4) is 0 Å². The van der Waals surface area contributed by atoms with Gasteiger partial charge in [0.15, 0.2) is 0 Å². The van der Waals surface area contributed by atoms with Gasteiger partial charge in [-0.3, -0.25) is 4.90 Å². The average molecular weight is 226 g/mol. The van der Waals surface area contributed by atoms with Gasteiger partial charge in [0.05, 0.1) is 6.10 Å². The van der Waals surface area contributed by atoms with Gasteiger partial charge in [0.2, 0.25) is 0 Å². The Hall–Kier alpha value is -0.120. The van der Waals surface area contributed by atoms with Gasteiger partial charge in [-0.05, 0) is 32.2 Å². The second kappa shape index (κ2) is 5.48. The van der Waals surface area contributed by atoms with Crippen LogP contribution < -0.4 is 5.73 Å². The summed E-state index contributed by atoms with van der Waals surface area (Å²) in [6.45, 7) is 3.13. The van der Waals surface area contributed by atoms with E-state index in [0.717, 1.165) is 13.1 Å². The largest absolute Gasteiger partial charge is 0.380 e. The third-order valence-electron chi connectivity index (χ3n) is 4.55. The summed E-state index contributed by atoms with van der Waals surface area (Å²) in [7, 11) is 1.84. The maximum atomic E-state index is 6.07. The summed E-state index contributed by atoms with van der Waals surface area (Å²) in [6.07, 6.45) is 9.59. The lowest BCUT2D eigenvalue weighted by Gasteiger charge is -2.49. The molecular weight excluding hydrogens is 200 g/mol. The first-order valence-electron chi connectivity index (χ1n) is 6.79. The van der Waals surface area contributed by atoms with Crippen LogP contribution in [0.2, 0.25) is 0 Å². The number of nitrogens with two attached hydrogens (primary N) is 1. The molecule has 1 saturated heterocycles. The Labute approximate surface area is 99.3 Å². The highest BCUT2D eigenvalue weighted by Gasteiger charge is 2.38. The zero-order valence-corrected chi connectivity index (χ0v) is 10.6. The molecule has 1 aliphatic heterocycles. The van der Waals surface area contributed by atoms with Crippen molar-refractivity contribution >= 4 is 0 Å². The van der Waals surface area contributed by atoms with Gasteiger partial charge in [0.1, 0.15) is 0 Å². The van der Waals surface area contributed by atoms with Crippen molar-refractivity contribution in [1.82, 2.24) is 4.90 Å². The van der Waals surface area contributed by atoms with Crippen molar-refractivity contribution in [2.45, 2.75) is 56.6 Å². The molecule has 1 atom stereocenters. The SMILES string of the molecule is COC1CCCN(C2(CN)CCCCC2)C1. The molecular formula is C13H26N2O. The Morgan fingerprint density at radius 1 is 1.25 bits per heavy atom. The fourth-order valence-corrected chi connectivity index (χ4v) is 3.42. The van der Waals surface area contributed by atoms with Crippen molar-refractivity contribution < 1.29 is 4.74 Å². The zero-order valence-electron chi connectivity index (χ0n) is 10.6. The minimum Gasteiger partial charge on any atom is -0.380 e. The van der Waals surface area contributed by atoms with Gasteiger partial charge in [0.25, 0.3) is 0 Å². The van der Waals surface area contributed by atoms with Crippen LogP contribution in [0.4, 0.5) is 0 Å². The molecule has 2 rings (SSSR count). The smallest absolute Gasteiger partial charge is 0.0698 e. The van der Waals surface area contributed by atoms with Crippen molar-refractivity contribution in [1.29, 1.82) is 0 Å². The van der Waals surface area contributed by atoms with E-state index >= 15 is 0 Å². The molecule has 1 aliphatic carbocycles. The van der Waals surface area contributed by atoms with Gasteiger partial charge in [0, 0.05) is 25.7 Å². The van der Waals surface area contributed by atoms with E-state index in [1.165, 1.54) is 51.5 Å². The van der Waals surface area contributed by atoms with Gasteiger partial charge >= 0.3 is 0 Å². The van der Waals surface area contributed by atoms with E-state index in [9.17, 15) is 0 Å². The Kier molecular flexibility index (Phi) is 4.22. The molecule has 3 nitrogen and oxygen atoms in total. The molecule has 1 saturated carbocycles. The fraction of sp³-hybridized carbons (Fsp3) is 1.00. The van der Waals surface area contributed by atoms with Gasteiger partial charge in [-0.25, -0.2) is 0 Å². The standard InChI is InChI=1S/C13H26N2O/c1-16-12-6-5-9-15(10-12)13(11-14)7-3-2-4-8-13/h12H,2-11,14H2,1H3. The Bertz CT molecular complexity index is 214. The average Bonchev–Trinajstić information content (AvgIpc) is 2.39. The predicted octanol–water partition coefficient (Wildman–Crippen LogP) is 1.76. The van der Waals surface area contributed by atoms with Crippen molar-refractivity contribution in [2.75, 3.05) is 26.7 Å². The van der Waals surface area contributed by atoms with Crippen molar-refractivity contribution in [2.24, 2.45) is 5.73 Å². The lowest BCUT2D eigenvalue weighted by molar-refractivity contribution is -0.0302. The Morgan fingerprint density at radius 3 is 2.62 bits per heavy atom. The van der Waals surface area contributed by atoms with Crippen molar-refractivity contribution in [3.05, 3.63) is 0 Å². The summed E-state index contributed by atoms with van der Waals surface area (Å²) in [5, 5.41) is 0. The molecule has 2 fully saturated rings. The van der Waals surface area contributed by atoms with Crippen molar-refractivity contribution in [3.8, 4) is 0 Å². The quantitative estimate of drug-likeness (QED) is 0.797. The Balaban J connectivity index is 2.01. The topological polar surface area (TPSA) is 38.5 Å². The van der Waals surface area contributed by atoms with E-state index in [1.807, 2.05) is 7.11 Å². The molecule has 94 valence electrons. The van der Waals surface area contributed by atoms with Crippen LogP contribution in [0.1, 0.15) is 44.9 Å². The van der Waals surface area contributed by atoms with Crippen molar-refractivity contribution in [3.63, 3.8) is 0 Å². The second-order valence-corrected chi connectivity index (χ2v) is 5.44. The highest BCUT2D eigenvalue weighted by Crippen LogP contribution is 2.34. The molecule has 2 aliphatic rings. The van der Waals surface area contributed by atoms with Crippen LogP contribution in [-0.4, -0.2) is 43.3 Å². The minimum atomic E-state index is 0.301. The minimum absolute atomic E-state index is 0.301. The highest BCUT2D eigenvalue weighted by atomic mass is 16.5. The lowest BCUT2D eigenvalue weighted by atomic mass is 9.79. The molecule has 0 bridgehead atoms. The van der Waals surface area contributed by atoms with Gasteiger partial charge < -0.3 is 10.5 Å². The molecule has 0 aromatic rings. The molecule has 1 unspecified atom stereocenters. The summed E-state index contributed by atoms with van der Waals surface area (Å²) in [5.74, 6) is 0. The maximum Gasteiger partial charge on any atom is 0.0698 e. The van der Waals surface area contributed by atoms with Crippen LogP contribution in [0.15, 0.2) is 0 Å². The summed E-state index contributed by atoms with van der Waals surface area (Å²) in [5.41, 5.74) is 6.37. The first-order chi connectivity index (χ1) is 7.80. The third kappa shape index (κ3) is 2.41. The molecule has 0 radical (unpaired) electrons. The number of hydrogen-bond donors (Lipinski definition) is 1. The van der Waals surface area contributed by atoms with Crippen LogP contribution in [-0.2, 0) is 4.74 Å². The number of methoxy groups -OCH3 is 1. The summed E-state index contributed by atoms with van der Waals surface area (Å²) in [6, 6.07) is 0. The predicted molar refractivity (Wildman–Crippen MR) is 66.5 cm³/mol. The molecule has 16 heavy (non-hydrogen) atoms.